The van der Waals surface area contributed by atoms with E-state index >= 15 is 0 Å². The molecule has 1 atom stereocenters. The Morgan fingerprint density at radius 3 is 2.31 bits per heavy atom. The zero-order valence-corrected chi connectivity index (χ0v) is 10.6. The maximum Gasteiger partial charge on any atom is 0.116 e. The van der Waals surface area contributed by atoms with Crippen LogP contribution < -0.4 is 5.32 Å². The van der Waals surface area contributed by atoms with Crippen LogP contribution >= 0.6 is 0 Å². The van der Waals surface area contributed by atoms with E-state index < -0.39 is 0 Å². The van der Waals surface area contributed by atoms with Crippen LogP contribution in [0, 0.1) is 5.92 Å². The van der Waals surface area contributed by atoms with E-state index in [4.69, 9.17) is 4.79 Å². The van der Waals surface area contributed by atoms with E-state index in [0.717, 1.165) is 18.2 Å². The van der Waals surface area contributed by atoms with Gasteiger partial charge in [-0.25, -0.2) is 0 Å². The predicted octanol–water partition coefficient (Wildman–Crippen LogP) is 3.80. The first-order chi connectivity index (χ1) is 7.28. The van der Waals surface area contributed by atoms with Crippen molar-refractivity contribution in [2.45, 2.75) is 72.8 Å². The number of aldehydes is 1. The average molecular weight is 229 g/mol. The molecular formula is C14H31NO. The molecule has 1 aliphatic rings. The van der Waals surface area contributed by atoms with E-state index in [2.05, 4.69) is 19.2 Å². The van der Waals surface area contributed by atoms with Gasteiger partial charge in [-0.2, -0.15) is 0 Å². The molecule has 2 nitrogen and oxygen atoms in total. The average Bonchev–Trinajstić information content (AvgIpc) is 2.73. The Morgan fingerprint density at radius 2 is 1.94 bits per heavy atom. The Kier molecular flexibility index (Phi) is 14.3. The van der Waals surface area contributed by atoms with E-state index in [1.807, 2.05) is 0 Å². The number of nitrogens with one attached hydrogen (secondary N) is 1. The largest absolute Gasteiger partial charge is 0.314 e. The molecule has 0 radical (unpaired) electrons. The van der Waals surface area contributed by atoms with Crippen LogP contribution in [-0.2, 0) is 4.79 Å². The lowest BCUT2D eigenvalue weighted by Gasteiger charge is -2.15. The van der Waals surface area contributed by atoms with Gasteiger partial charge in [0.15, 0.2) is 0 Å². The van der Waals surface area contributed by atoms with Crippen LogP contribution in [-0.4, -0.2) is 18.9 Å². The lowest BCUT2D eigenvalue weighted by Crippen LogP contribution is -2.21. The smallest absolute Gasteiger partial charge is 0.116 e. The van der Waals surface area contributed by atoms with E-state index in [9.17, 15) is 0 Å². The molecule has 0 amide bonds. The minimum atomic E-state index is 0. The number of carbonyl (C=O) groups excluding carboxylic acids is 1. The molecule has 0 saturated carbocycles. The lowest BCUT2D eigenvalue weighted by molar-refractivity contribution is -0.106. The van der Waals surface area contributed by atoms with E-state index in [1.165, 1.54) is 52.0 Å². The highest BCUT2D eigenvalue weighted by molar-refractivity contribution is 5.44. The fraction of sp³-hybridized carbons (Fsp3) is 0.929. The Balaban J connectivity index is 0. The SMILES string of the molecule is C.CC=O.CCC(CC)CCC1CCCN1. The van der Waals surface area contributed by atoms with Gasteiger partial charge in [-0.1, -0.05) is 34.1 Å². The molecular weight excluding hydrogens is 198 g/mol. The van der Waals surface area contributed by atoms with Crippen LogP contribution in [0.15, 0.2) is 0 Å². The minimum Gasteiger partial charge on any atom is -0.314 e. The molecule has 2 heteroatoms. The van der Waals surface area contributed by atoms with Crippen molar-refractivity contribution in [1.29, 1.82) is 0 Å². The molecule has 1 N–H and O–H groups in total. The summed E-state index contributed by atoms with van der Waals surface area (Å²) in [6, 6.07) is 0.852. The Hall–Kier alpha value is -0.370. The monoisotopic (exact) mass is 229 g/mol. The summed E-state index contributed by atoms with van der Waals surface area (Å²) in [5, 5.41) is 3.56. The van der Waals surface area contributed by atoms with Crippen molar-refractivity contribution in [2.24, 2.45) is 5.92 Å². The molecule has 0 bridgehead atoms. The van der Waals surface area contributed by atoms with Crippen LogP contribution in [0.5, 0.6) is 0 Å². The maximum atomic E-state index is 8.81. The Labute approximate surface area is 102 Å². The molecule has 1 fully saturated rings. The van der Waals surface area contributed by atoms with Crippen molar-refractivity contribution in [3.05, 3.63) is 0 Å². The lowest BCUT2D eigenvalue weighted by atomic mass is 9.95. The van der Waals surface area contributed by atoms with Crippen molar-refractivity contribution in [2.75, 3.05) is 6.54 Å². The predicted molar refractivity (Wildman–Crippen MR) is 72.8 cm³/mol. The highest BCUT2D eigenvalue weighted by atomic mass is 16.1. The highest BCUT2D eigenvalue weighted by Crippen LogP contribution is 2.19. The molecule has 0 aliphatic carbocycles. The number of hydrogen-bond acceptors (Lipinski definition) is 2. The number of carbonyl (C=O) groups is 1. The first-order valence-electron chi connectivity index (χ1n) is 6.41. The summed E-state index contributed by atoms with van der Waals surface area (Å²) < 4.78 is 0. The third-order valence-corrected chi connectivity index (χ3v) is 3.24. The Bertz CT molecular complexity index is 136. The molecule has 0 aromatic carbocycles. The summed E-state index contributed by atoms with van der Waals surface area (Å²) in [7, 11) is 0. The van der Waals surface area contributed by atoms with Gasteiger partial charge in [-0.05, 0) is 45.1 Å². The Morgan fingerprint density at radius 1 is 1.38 bits per heavy atom. The van der Waals surface area contributed by atoms with E-state index in [-0.39, 0.29) is 7.43 Å². The number of rotatable bonds is 5. The molecule has 1 unspecified atom stereocenters. The van der Waals surface area contributed by atoms with Gasteiger partial charge in [0, 0.05) is 6.04 Å². The second-order valence-electron chi connectivity index (χ2n) is 4.29. The second kappa shape index (κ2) is 12.7. The molecule has 0 aromatic heterocycles. The zero-order valence-electron chi connectivity index (χ0n) is 10.6. The van der Waals surface area contributed by atoms with Gasteiger partial charge in [0.1, 0.15) is 6.29 Å². The zero-order chi connectivity index (χ0) is 11.5. The highest BCUT2D eigenvalue weighted by Gasteiger charge is 2.14. The van der Waals surface area contributed by atoms with Gasteiger partial charge in [0.2, 0.25) is 0 Å². The van der Waals surface area contributed by atoms with Crippen LogP contribution in [0.25, 0.3) is 0 Å². The van der Waals surface area contributed by atoms with E-state index in [0.29, 0.717) is 0 Å². The van der Waals surface area contributed by atoms with Gasteiger partial charge in [-0.15, -0.1) is 0 Å². The molecule has 1 saturated heterocycles. The first-order valence-corrected chi connectivity index (χ1v) is 6.41. The molecule has 1 heterocycles. The third-order valence-electron chi connectivity index (χ3n) is 3.24. The van der Waals surface area contributed by atoms with Crippen molar-refractivity contribution in [1.82, 2.24) is 5.32 Å². The summed E-state index contributed by atoms with van der Waals surface area (Å²) >= 11 is 0. The van der Waals surface area contributed by atoms with Crippen LogP contribution in [0.3, 0.4) is 0 Å². The topological polar surface area (TPSA) is 29.1 Å². The van der Waals surface area contributed by atoms with Crippen molar-refractivity contribution < 1.29 is 4.79 Å². The summed E-state index contributed by atoms with van der Waals surface area (Å²) in [5.74, 6) is 0.979. The quantitative estimate of drug-likeness (QED) is 0.727. The molecule has 0 aromatic rings. The molecule has 16 heavy (non-hydrogen) atoms. The van der Waals surface area contributed by atoms with Gasteiger partial charge < -0.3 is 10.1 Å². The first kappa shape index (κ1) is 18.0. The molecule has 0 spiro atoms. The van der Waals surface area contributed by atoms with Gasteiger partial charge in [-0.3, -0.25) is 0 Å². The van der Waals surface area contributed by atoms with Crippen molar-refractivity contribution in [3.63, 3.8) is 0 Å². The van der Waals surface area contributed by atoms with E-state index in [1.54, 1.807) is 0 Å². The normalized spacial score (nSPS) is 18.6. The third kappa shape index (κ3) is 8.90. The van der Waals surface area contributed by atoms with Crippen LogP contribution in [0.2, 0.25) is 0 Å². The summed E-state index contributed by atoms with van der Waals surface area (Å²) in [6.07, 6.45) is 9.14. The van der Waals surface area contributed by atoms with Crippen LogP contribution in [0.1, 0.15) is 66.7 Å². The van der Waals surface area contributed by atoms with Gasteiger partial charge in [0.25, 0.3) is 0 Å². The summed E-state index contributed by atoms with van der Waals surface area (Å²) in [4.78, 5) is 8.81. The van der Waals surface area contributed by atoms with Crippen LogP contribution in [0.4, 0.5) is 0 Å². The fourth-order valence-corrected chi connectivity index (χ4v) is 2.14. The maximum absolute atomic E-state index is 8.81. The minimum absolute atomic E-state index is 0. The van der Waals surface area contributed by atoms with Crippen molar-refractivity contribution in [3.8, 4) is 0 Å². The van der Waals surface area contributed by atoms with Gasteiger partial charge >= 0.3 is 0 Å². The molecule has 1 rings (SSSR count). The van der Waals surface area contributed by atoms with Crippen molar-refractivity contribution >= 4 is 6.29 Å². The number of hydrogen-bond donors (Lipinski definition) is 1. The second-order valence-corrected chi connectivity index (χ2v) is 4.29. The molecule has 1 aliphatic heterocycles. The summed E-state index contributed by atoms with van der Waals surface area (Å²) in [5.41, 5.74) is 0. The summed E-state index contributed by atoms with van der Waals surface area (Å²) in [6.45, 7) is 7.33. The molecule has 98 valence electrons. The standard InChI is InChI=1S/C11H23N.C2H4O.CH4/c1-3-10(4-2)7-8-11-6-5-9-12-11;1-2-3;/h10-12H,3-9H2,1-2H3;2H,1H3;1H4. The fourth-order valence-electron chi connectivity index (χ4n) is 2.14. The van der Waals surface area contributed by atoms with Gasteiger partial charge in [0.05, 0.1) is 0 Å².